The van der Waals surface area contributed by atoms with Crippen LogP contribution in [0, 0.1) is 0 Å². The lowest BCUT2D eigenvalue weighted by Gasteiger charge is -2.16. The molecule has 0 fully saturated rings. The maximum absolute atomic E-state index is 12.0. The maximum atomic E-state index is 12.0. The van der Waals surface area contributed by atoms with Crippen LogP contribution in [0.25, 0.3) is 0 Å². The molecule has 0 saturated heterocycles. The van der Waals surface area contributed by atoms with Gasteiger partial charge < -0.3 is 19.9 Å². The van der Waals surface area contributed by atoms with E-state index in [4.69, 9.17) is 26.2 Å². The topological polar surface area (TPSA) is 88.1 Å². The van der Waals surface area contributed by atoms with Crippen molar-refractivity contribution >= 4 is 41.6 Å². The number of likely N-dealkylation sites (N-methyl/N-ethyl adjacent to an activating group) is 1. The summed E-state index contributed by atoms with van der Waals surface area (Å²) in [4.78, 5) is 24.2. The van der Waals surface area contributed by atoms with Gasteiger partial charge in [0, 0.05) is 25.1 Å². The molecule has 1 aliphatic heterocycles. The number of hydrogen-bond donors (Lipinski definition) is 2. The molecule has 0 saturated carbocycles. The second-order valence-electron chi connectivity index (χ2n) is 5.26. The number of rotatable bonds is 6. The molecule has 24 heavy (non-hydrogen) atoms. The van der Waals surface area contributed by atoms with Crippen LogP contribution in [0.4, 0.5) is 5.69 Å². The smallest absolute Gasteiger partial charge is 0.304 e. The van der Waals surface area contributed by atoms with Gasteiger partial charge in [-0.1, -0.05) is 11.6 Å². The Hall–Kier alpha value is -1.70. The minimum Gasteiger partial charge on any atom is -0.490 e. The van der Waals surface area contributed by atoms with Crippen LogP contribution in [0.1, 0.15) is 12.8 Å². The lowest BCUT2D eigenvalue weighted by Crippen LogP contribution is -2.31. The van der Waals surface area contributed by atoms with Gasteiger partial charge in [0.1, 0.15) is 0 Å². The Balaban J connectivity index is 0.00000288. The molecule has 1 aromatic rings. The second-order valence-corrected chi connectivity index (χ2v) is 5.67. The summed E-state index contributed by atoms with van der Waals surface area (Å²) in [7, 11) is 1.68. The summed E-state index contributed by atoms with van der Waals surface area (Å²) in [6, 6.07) is 3.25. The first-order valence-electron chi connectivity index (χ1n) is 7.25. The quantitative estimate of drug-likeness (QED) is 0.789. The third kappa shape index (κ3) is 6.07. The molecule has 0 aromatic heterocycles. The number of carbonyl (C=O) groups excluding carboxylic acids is 1. The summed E-state index contributed by atoms with van der Waals surface area (Å²) in [5.74, 6) is -0.0806. The van der Waals surface area contributed by atoms with Gasteiger partial charge in [-0.15, -0.1) is 12.4 Å². The highest BCUT2D eigenvalue weighted by molar-refractivity contribution is 6.34. The summed E-state index contributed by atoms with van der Waals surface area (Å²) in [5, 5.41) is 11.7. The van der Waals surface area contributed by atoms with Gasteiger partial charge in [-0.25, -0.2) is 0 Å². The molecule has 0 radical (unpaired) electrons. The van der Waals surface area contributed by atoms with E-state index >= 15 is 0 Å². The van der Waals surface area contributed by atoms with E-state index < -0.39 is 5.97 Å². The van der Waals surface area contributed by atoms with Crippen molar-refractivity contribution in [2.24, 2.45) is 0 Å². The Labute approximate surface area is 151 Å². The molecule has 1 aliphatic rings. The molecular weight excluding hydrogens is 359 g/mol. The van der Waals surface area contributed by atoms with Crippen molar-refractivity contribution in [3.63, 3.8) is 0 Å². The van der Waals surface area contributed by atoms with Crippen molar-refractivity contribution in [2.75, 3.05) is 38.7 Å². The van der Waals surface area contributed by atoms with Crippen LogP contribution in [0.3, 0.4) is 0 Å². The molecule has 2 rings (SSSR count). The fourth-order valence-corrected chi connectivity index (χ4v) is 2.28. The molecule has 1 heterocycles. The SMILES string of the molecule is CN(CCC(=O)O)CC(=O)Nc1cc2c(cc1Cl)OCCCO2.Cl. The number of nitrogens with zero attached hydrogens (tertiary/aromatic N) is 1. The molecular formula is C15H20Cl2N2O5. The number of carbonyl (C=O) groups is 2. The molecule has 134 valence electrons. The van der Waals surface area contributed by atoms with Crippen LogP contribution in [-0.4, -0.2) is 55.2 Å². The minimum absolute atomic E-state index is 0. The van der Waals surface area contributed by atoms with Crippen molar-refractivity contribution in [3.8, 4) is 11.5 Å². The highest BCUT2D eigenvalue weighted by Gasteiger charge is 2.16. The number of anilines is 1. The van der Waals surface area contributed by atoms with Crippen molar-refractivity contribution in [1.29, 1.82) is 0 Å². The van der Waals surface area contributed by atoms with Crippen LogP contribution in [0.5, 0.6) is 11.5 Å². The van der Waals surface area contributed by atoms with Crippen LogP contribution < -0.4 is 14.8 Å². The Morgan fingerprint density at radius 3 is 2.54 bits per heavy atom. The molecule has 1 amide bonds. The largest absolute Gasteiger partial charge is 0.490 e. The second kappa shape index (κ2) is 9.56. The van der Waals surface area contributed by atoms with Gasteiger partial charge in [-0.05, 0) is 7.05 Å². The average Bonchev–Trinajstić information content (AvgIpc) is 2.70. The third-order valence-corrected chi connectivity index (χ3v) is 3.54. The Morgan fingerprint density at radius 1 is 1.29 bits per heavy atom. The fourth-order valence-electron chi connectivity index (χ4n) is 2.08. The zero-order valence-corrected chi connectivity index (χ0v) is 14.8. The predicted octanol–water partition coefficient (Wildman–Crippen LogP) is 2.27. The molecule has 0 unspecified atom stereocenters. The van der Waals surface area contributed by atoms with E-state index in [-0.39, 0.29) is 37.8 Å². The zero-order valence-electron chi connectivity index (χ0n) is 13.2. The summed E-state index contributed by atoms with van der Waals surface area (Å²) < 4.78 is 11.1. The molecule has 1 aromatic carbocycles. The number of nitrogens with one attached hydrogen (secondary N) is 1. The molecule has 0 bridgehead atoms. The number of carboxylic acid groups (broad SMARTS) is 1. The van der Waals surface area contributed by atoms with Crippen molar-refractivity contribution in [2.45, 2.75) is 12.8 Å². The molecule has 9 heteroatoms. The van der Waals surface area contributed by atoms with E-state index in [0.717, 1.165) is 6.42 Å². The van der Waals surface area contributed by atoms with E-state index in [9.17, 15) is 9.59 Å². The van der Waals surface area contributed by atoms with E-state index in [0.29, 0.717) is 35.4 Å². The number of carboxylic acids is 1. The monoisotopic (exact) mass is 378 g/mol. The molecule has 0 atom stereocenters. The van der Waals surface area contributed by atoms with E-state index in [2.05, 4.69) is 5.32 Å². The first-order valence-corrected chi connectivity index (χ1v) is 7.63. The van der Waals surface area contributed by atoms with Crippen LogP contribution in [0.15, 0.2) is 12.1 Å². The standard InChI is InChI=1S/C15H19ClN2O5.ClH/c1-18(4-3-15(20)21)9-14(19)17-11-8-13-12(7-10(11)16)22-5-2-6-23-13;/h7-8H,2-6,9H2,1H3,(H,17,19)(H,20,21);1H. The lowest BCUT2D eigenvalue weighted by atomic mass is 10.2. The minimum atomic E-state index is -0.900. The van der Waals surface area contributed by atoms with Crippen molar-refractivity contribution in [3.05, 3.63) is 17.2 Å². The van der Waals surface area contributed by atoms with Crippen molar-refractivity contribution in [1.82, 2.24) is 4.90 Å². The Bertz CT molecular complexity index is 597. The number of amides is 1. The number of halogens is 2. The number of aliphatic carboxylic acids is 1. The molecule has 0 spiro atoms. The summed E-state index contributed by atoms with van der Waals surface area (Å²) in [6.07, 6.45) is 0.761. The Morgan fingerprint density at radius 2 is 1.92 bits per heavy atom. The molecule has 0 aliphatic carbocycles. The van der Waals surface area contributed by atoms with E-state index in [1.165, 1.54) is 0 Å². The highest BCUT2D eigenvalue weighted by Crippen LogP contribution is 2.37. The first-order chi connectivity index (χ1) is 11.0. The average molecular weight is 379 g/mol. The van der Waals surface area contributed by atoms with Gasteiger partial charge in [0.25, 0.3) is 0 Å². The zero-order chi connectivity index (χ0) is 16.8. The number of ether oxygens (including phenoxy) is 2. The Kier molecular flexibility index (Phi) is 8.10. The number of hydrogen-bond acceptors (Lipinski definition) is 5. The van der Waals surface area contributed by atoms with Gasteiger partial charge in [0.05, 0.1) is 36.9 Å². The molecule has 2 N–H and O–H groups in total. The van der Waals surface area contributed by atoms with E-state index in [1.54, 1.807) is 24.1 Å². The maximum Gasteiger partial charge on any atom is 0.304 e. The predicted molar refractivity (Wildman–Crippen MR) is 92.7 cm³/mol. The summed E-state index contributed by atoms with van der Waals surface area (Å²) in [6.45, 7) is 1.46. The fraction of sp³-hybridized carbons (Fsp3) is 0.467. The van der Waals surface area contributed by atoms with Gasteiger partial charge in [-0.2, -0.15) is 0 Å². The van der Waals surface area contributed by atoms with Gasteiger partial charge in [0.15, 0.2) is 11.5 Å². The summed E-state index contributed by atoms with van der Waals surface area (Å²) in [5.41, 5.74) is 0.438. The lowest BCUT2D eigenvalue weighted by molar-refractivity contribution is -0.137. The van der Waals surface area contributed by atoms with Gasteiger partial charge >= 0.3 is 5.97 Å². The van der Waals surface area contributed by atoms with Crippen LogP contribution in [-0.2, 0) is 9.59 Å². The number of benzene rings is 1. The van der Waals surface area contributed by atoms with Gasteiger partial charge in [-0.3, -0.25) is 14.5 Å². The highest BCUT2D eigenvalue weighted by atomic mass is 35.5. The summed E-state index contributed by atoms with van der Waals surface area (Å²) >= 11 is 6.16. The van der Waals surface area contributed by atoms with Crippen LogP contribution in [0.2, 0.25) is 5.02 Å². The van der Waals surface area contributed by atoms with Crippen LogP contribution >= 0.6 is 24.0 Å². The normalized spacial score (nSPS) is 13.0. The van der Waals surface area contributed by atoms with Gasteiger partial charge in [0.2, 0.25) is 5.91 Å². The van der Waals surface area contributed by atoms with E-state index in [1.807, 2.05) is 0 Å². The first kappa shape index (κ1) is 20.3. The molecule has 7 nitrogen and oxygen atoms in total. The third-order valence-electron chi connectivity index (χ3n) is 3.23. The van der Waals surface area contributed by atoms with Crippen molar-refractivity contribution < 1.29 is 24.2 Å². The number of fused-ring (bicyclic) bond motifs is 1.